The lowest BCUT2D eigenvalue weighted by Crippen LogP contribution is -2.06. The maximum absolute atomic E-state index is 11.0. The summed E-state index contributed by atoms with van der Waals surface area (Å²) in [6.07, 6.45) is 0.526. The Balaban J connectivity index is 3.56. The molecule has 0 saturated carbocycles. The van der Waals surface area contributed by atoms with Crippen LogP contribution < -0.4 is 9.47 Å². The van der Waals surface area contributed by atoms with E-state index in [1.165, 1.54) is 20.3 Å². The molecule has 1 aromatic carbocycles. The molecule has 88 valence electrons. The fourth-order valence-electron chi connectivity index (χ4n) is 1.60. The molecule has 1 rings (SSSR count). The summed E-state index contributed by atoms with van der Waals surface area (Å²) in [5.41, 5.74) is 0.724. The van der Waals surface area contributed by atoms with Crippen molar-refractivity contribution in [1.29, 1.82) is 0 Å². The molecule has 4 nitrogen and oxygen atoms in total. The number of hydrogen-bond donors (Lipinski definition) is 1. The van der Waals surface area contributed by atoms with Crippen molar-refractivity contribution in [3.05, 3.63) is 22.2 Å². The number of methoxy groups -OCH3 is 2. The number of ether oxygens (including phenoxy) is 2. The van der Waals surface area contributed by atoms with Crippen LogP contribution in [0.5, 0.6) is 11.5 Å². The van der Waals surface area contributed by atoms with E-state index in [1.807, 2.05) is 6.92 Å². The molecule has 5 heteroatoms. The van der Waals surface area contributed by atoms with Gasteiger partial charge in [-0.1, -0.05) is 18.5 Å². The molecule has 0 aliphatic rings. The Morgan fingerprint density at radius 3 is 2.31 bits per heavy atom. The van der Waals surface area contributed by atoms with Crippen molar-refractivity contribution in [2.45, 2.75) is 13.3 Å². The van der Waals surface area contributed by atoms with Crippen molar-refractivity contribution in [1.82, 2.24) is 0 Å². The summed E-state index contributed by atoms with van der Waals surface area (Å²) in [4.78, 5) is 11.0. The van der Waals surface area contributed by atoms with Crippen LogP contribution >= 0.6 is 11.6 Å². The molecule has 0 unspecified atom stereocenters. The van der Waals surface area contributed by atoms with E-state index in [4.69, 9.17) is 26.2 Å². The Kier molecular flexibility index (Phi) is 4.01. The molecule has 0 atom stereocenters. The highest BCUT2D eigenvalue weighted by atomic mass is 35.5. The van der Waals surface area contributed by atoms with Gasteiger partial charge in [-0.3, -0.25) is 0 Å². The maximum atomic E-state index is 11.0. The topological polar surface area (TPSA) is 55.8 Å². The minimum atomic E-state index is -1.03. The smallest absolute Gasteiger partial charge is 0.336 e. The lowest BCUT2D eigenvalue weighted by molar-refractivity contribution is 0.0695. The van der Waals surface area contributed by atoms with E-state index in [2.05, 4.69) is 0 Å². The quantitative estimate of drug-likeness (QED) is 0.885. The predicted octanol–water partition coefficient (Wildman–Crippen LogP) is 2.62. The zero-order chi connectivity index (χ0) is 12.3. The second kappa shape index (κ2) is 5.07. The molecule has 1 aromatic rings. The van der Waals surface area contributed by atoms with E-state index in [9.17, 15) is 4.79 Å². The van der Waals surface area contributed by atoms with Crippen molar-refractivity contribution in [3.63, 3.8) is 0 Å². The van der Waals surface area contributed by atoms with Gasteiger partial charge in [0.15, 0.2) is 11.5 Å². The van der Waals surface area contributed by atoms with Crippen molar-refractivity contribution in [3.8, 4) is 11.5 Å². The standard InChI is InChI=1S/C11H13ClO4/c1-4-6-7(11(13)14)5-8(12)10(16-3)9(6)15-2/h5H,4H2,1-3H3,(H,13,14). The molecule has 0 saturated heterocycles. The van der Waals surface area contributed by atoms with Crippen LogP contribution in [-0.4, -0.2) is 25.3 Å². The third kappa shape index (κ3) is 2.07. The predicted molar refractivity (Wildman–Crippen MR) is 60.9 cm³/mol. The first-order chi connectivity index (χ1) is 7.56. The van der Waals surface area contributed by atoms with E-state index in [0.29, 0.717) is 23.5 Å². The van der Waals surface area contributed by atoms with Gasteiger partial charge in [-0.25, -0.2) is 4.79 Å². The molecule has 0 fully saturated rings. The Bertz CT molecular complexity index is 415. The number of halogens is 1. The van der Waals surface area contributed by atoms with Crippen LogP contribution in [0.4, 0.5) is 0 Å². The summed E-state index contributed by atoms with van der Waals surface area (Å²) >= 11 is 5.92. The summed E-state index contributed by atoms with van der Waals surface area (Å²) in [6.45, 7) is 1.84. The summed E-state index contributed by atoms with van der Waals surface area (Å²) in [6, 6.07) is 1.38. The van der Waals surface area contributed by atoms with E-state index >= 15 is 0 Å². The largest absolute Gasteiger partial charge is 0.492 e. The van der Waals surface area contributed by atoms with Crippen LogP contribution in [0.25, 0.3) is 0 Å². The highest BCUT2D eigenvalue weighted by Crippen LogP contribution is 2.40. The number of rotatable bonds is 4. The third-order valence-electron chi connectivity index (χ3n) is 2.29. The average molecular weight is 245 g/mol. The second-order valence-electron chi connectivity index (χ2n) is 3.11. The Hall–Kier alpha value is -1.42. The normalized spacial score (nSPS) is 10.0. The van der Waals surface area contributed by atoms with E-state index in [1.54, 1.807) is 0 Å². The fraction of sp³-hybridized carbons (Fsp3) is 0.364. The zero-order valence-electron chi connectivity index (χ0n) is 9.33. The van der Waals surface area contributed by atoms with Crippen LogP contribution in [-0.2, 0) is 6.42 Å². The van der Waals surface area contributed by atoms with Crippen LogP contribution in [0, 0.1) is 0 Å². The van der Waals surface area contributed by atoms with Crippen LogP contribution in [0.15, 0.2) is 6.07 Å². The molecule has 0 aromatic heterocycles. The molecule has 0 bridgehead atoms. The lowest BCUT2D eigenvalue weighted by Gasteiger charge is -2.15. The number of carboxylic acid groups (broad SMARTS) is 1. The van der Waals surface area contributed by atoms with Gasteiger partial charge in [-0.2, -0.15) is 0 Å². The Morgan fingerprint density at radius 2 is 1.94 bits per heavy atom. The Labute approximate surface area is 98.7 Å². The van der Waals surface area contributed by atoms with Gasteiger partial charge in [0.1, 0.15) is 0 Å². The second-order valence-corrected chi connectivity index (χ2v) is 3.52. The first-order valence-electron chi connectivity index (χ1n) is 4.73. The van der Waals surface area contributed by atoms with Crippen LogP contribution in [0.3, 0.4) is 0 Å². The average Bonchev–Trinajstić information content (AvgIpc) is 2.27. The van der Waals surface area contributed by atoms with Gasteiger partial charge >= 0.3 is 5.97 Å². The van der Waals surface area contributed by atoms with Crippen LogP contribution in [0.1, 0.15) is 22.8 Å². The number of aromatic carboxylic acids is 1. The number of carboxylic acids is 1. The molecule has 0 heterocycles. The van der Waals surface area contributed by atoms with Crippen molar-refractivity contribution in [2.75, 3.05) is 14.2 Å². The molecule has 0 aliphatic heterocycles. The molecule has 16 heavy (non-hydrogen) atoms. The van der Waals surface area contributed by atoms with Gasteiger partial charge in [-0.05, 0) is 12.5 Å². The highest BCUT2D eigenvalue weighted by molar-refractivity contribution is 6.32. The monoisotopic (exact) mass is 244 g/mol. The molecule has 0 amide bonds. The molecular formula is C11H13ClO4. The summed E-state index contributed by atoms with van der Waals surface area (Å²) in [7, 11) is 2.92. The minimum Gasteiger partial charge on any atom is -0.492 e. The third-order valence-corrected chi connectivity index (χ3v) is 2.57. The zero-order valence-corrected chi connectivity index (χ0v) is 10.1. The minimum absolute atomic E-state index is 0.144. The van der Waals surface area contributed by atoms with E-state index in [-0.39, 0.29) is 10.6 Å². The van der Waals surface area contributed by atoms with Gasteiger partial charge in [0, 0.05) is 5.56 Å². The summed E-state index contributed by atoms with van der Waals surface area (Å²) < 4.78 is 10.3. The molecule has 1 N–H and O–H groups in total. The van der Waals surface area contributed by atoms with Gasteiger partial charge < -0.3 is 14.6 Å². The van der Waals surface area contributed by atoms with Gasteiger partial charge in [-0.15, -0.1) is 0 Å². The first kappa shape index (κ1) is 12.6. The molecule has 0 spiro atoms. The van der Waals surface area contributed by atoms with Crippen molar-refractivity contribution >= 4 is 17.6 Å². The Morgan fingerprint density at radius 1 is 1.38 bits per heavy atom. The molecule has 0 aliphatic carbocycles. The van der Waals surface area contributed by atoms with Gasteiger partial charge in [0.25, 0.3) is 0 Å². The summed E-state index contributed by atoms with van der Waals surface area (Å²) in [5.74, 6) is -0.277. The SMILES string of the molecule is CCc1c(C(=O)O)cc(Cl)c(OC)c1OC. The highest BCUT2D eigenvalue weighted by Gasteiger charge is 2.21. The van der Waals surface area contributed by atoms with Gasteiger partial charge in [0.2, 0.25) is 0 Å². The first-order valence-corrected chi connectivity index (χ1v) is 5.11. The van der Waals surface area contributed by atoms with Crippen LogP contribution in [0.2, 0.25) is 5.02 Å². The number of benzene rings is 1. The number of hydrogen-bond acceptors (Lipinski definition) is 3. The maximum Gasteiger partial charge on any atom is 0.336 e. The molecule has 0 radical (unpaired) electrons. The summed E-state index contributed by atoms with van der Waals surface area (Å²) in [5, 5.41) is 9.28. The van der Waals surface area contributed by atoms with Gasteiger partial charge in [0.05, 0.1) is 24.8 Å². The fourth-order valence-corrected chi connectivity index (χ4v) is 1.87. The lowest BCUT2D eigenvalue weighted by atomic mass is 10.0. The number of carbonyl (C=O) groups is 1. The van der Waals surface area contributed by atoms with Crippen molar-refractivity contribution in [2.24, 2.45) is 0 Å². The van der Waals surface area contributed by atoms with Crippen molar-refractivity contribution < 1.29 is 19.4 Å². The van der Waals surface area contributed by atoms with E-state index < -0.39 is 5.97 Å². The molecular weight excluding hydrogens is 232 g/mol. The van der Waals surface area contributed by atoms with E-state index in [0.717, 1.165) is 0 Å².